The SMILES string of the molecule is C[C@H](NC(=O)[C@H](C)OC(=O)[C@@H](O)CC(=O)OC1=CC[C@@]2(O)[C@H]3Cc4ccc(CO)c5c4[C@@]2(CCCN3C)[C@H]1O5)C(=O)O. The molecule has 0 saturated carbocycles. The number of aliphatic carboxylic acids is 1. The van der Waals surface area contributed by atoms with Crippen molar-refractivity contribution in [1.29, 1.82) is 0 Å². The summed E-state index contributed by atoms with van der Waals surface area (Å²) in [4.78, 5) is 50.5. The highest BCUT2D eigenvalue weighted by Crippen LogP contribution is 2.64. The van der Waals surface area contributed by atoms with E-state index in [0.717, 1.165) is 24.1 Å². The van der Waals surface area contributed by atoms with Gasteiger partial charge in [0.15, 0.2) is 18.3 Å². The molecule has 1 amide bonds. The Labute approximate surface area is 242 Å². The van der Waals surface area contributed by atoms with Crippen LogP contribution in [-0.2, 0) is 47.1 Å². The van der Waals surface area contributed by atoms with E-state index in [1.54, 1.807) is 12.1 Å². The van der Waals surface area contributed by atoms with E-state index < -0.39 is 65.6 Å². The third-order valence-corrected chi connectivity index (χ3v) is 9.10. The number of amides is 1. The van der Waals surface area contributed by atoms with Gasteiger partial charge < -0.3 is 44.9 Å². The number of hydrogen-bond acceptors (Lipinski definition) is 11. The monoisotopic (exact) mass is 588 g/mol. The first-order valence-corrected chi connectivity index (χ1v) is 14.0. The highest BCUT2D eigenvalue weighted by molar-refractivity contribution is 5.89. The lowest BCUT2D eigenvalue weighted by Gasteiger charge is -2.56. The molecule has 0 aromatic heterocycles. The average molecular weight is 589 g/mol. The fourth-order valence-electron chi connectivity index (χ4n) is 7.00. The van der Waals surface area contributed by atoms with Gasteiger partial charge in [0.25, 0.3) is 5.91 Å². The summed E-state index contributed by atoms with van der Waals surface area (Å²) in [7, 11) is 1.98. The summed E-state index contributed by atoms with van der Waals surface area (Å²) >= 11 is 0. The highest BCUT2D eigenvalue weighted by Gasteiger charge is 2.70. The van der Waals surface area contributed by atoms with Crippen LogP contribution in [0.5, 0.6) is 5.75 Å². The Balaban J connectivity index is 1.33. The predicted molar refractivity (Wildman–Crippen MR) is 143 cm³/mol. The summed E-state index contributed by atoms with van der Waals surface area (Å²) in [6.07, 6.45) is -1.34. The molecule has 0 unspecified atom stereocenters. The van der Waals surface area contributed by atoms with Gasteiger partial charge in [-0.15, -0.1) is 0 Å². The number of esters is 2. The smallest absolute Gasteiger partial charge is 0.336 e. The minimum absolute atomic E-state index is 0.150. The molecule has 1 saturated heterocycles. The van der Waals surface area contributed by atoms with Crippen LogP contribution in [0.25, 0.3) is 0 Å². The molecule has 0 radical (unpaired) electrons. The summed E-state index contributed by atoms with van der Waals surface area (Å²) in [5.74, 6) is -3.74. The Morgan fingerprint density at radius 3 is 2.67 bits per heavy atom. The van der Waals surface area contributed by atoms with Crippen LogP contribution in [0.15, 0.2) is 24.0 Å². The van der Waals surface area contributed by atoms with Gasteiger partial charge in [0.1, 0.15) is 17.6 Å². The van der Waals surface area contributed by atoms with E-state index in [1.165, 1.54) is 13.8 Å². The van der Waals surface area contributed by atoms with Crippen molar-refractivity contribution >= 4 is 23.8 Å². The molecule has 7 atom stereocenters. The lowest BCUT2D eigenvalue weighted by atomic mass is 9.52. The van der Waals surface area contributed by atoms with Gasteiger partial charge in [-0.1, -0.05) is 12.1 Å². The van der Waals surface area contributed by atoms with Crippen LogP contribution in [0.1, 0.15) is 56.2 Å². The number of benzene rings is 1. The van der Waals surface area contributed by atoms with E-state index >= 15 is 0 Å². The van der Waals surface area contributed by atoms with Gasteiger partial charge in [0.2, 0.25) is 0 Å². The number of carboxylic acid groups (broad SMARTS) is 1. The number of likely N-dealkylation sites (tertiary alicyclic amines) is 1. The van der Waals surface area contributed by atoms with Crippen LogP contribution >= 0.6 is 0 Å². The van der Waals surface area contributed by atoms with Crippen LogP contribution in [0.3, 0.4) is 0 Å². The van der Waals surface area contributed by atoms with Gasteiger partial charge in [0.05, 0.1) is 24.0 Å². The Hall–Kier alpha value is -3.52. The first kappa shape index (κ1) is 30.0. The number of aliphatic hydroxyl groups excluding tert-OH is 2. The fourth-order valence-corrected chi connectivity index (χ4v) is 7.00. The molecule has 5 rings (SSSR count). The van der Waals surface area contributed by atoms with Crippen molar-refractivity contribution < 1.29 is 53.8 Å². The minimum Gasteiger partial charge on any atom is -0.481 e. The number of likely N-dealkylation sites (N-methyl/N-ethyl adjacent to an activating group) is 1. The van der Waals surface area contributed by atoms with E-state index in [0.29, 0.717) is 24.2 Å². The summed E-state index contributed by atoms with van der Waals surface area (Å²) in [6.45, 7) is 2.92. The zero-order chi connectivity index (χ0) is 30.6. The number of carboxylic acids is 1. The van der Waals surface area contributed by atoms with Crippen molar-refractivity contribution in [3.63, 3.8) is 0 Å². The van der Waals surface area contributed by atoms with E-state index in [9.17, 15) is 34.5 Å². The number of carbonyl (C=O) groups excluding carboxylic acids is 3. The van der Waals surface area contributed by atoms with Crippen LogP contribution < -0.4 is 10.1 Å². The number of aliphatic hydroxyl groups is 3. The molecular weight excluding hydrogens is 552 g/mol. The van der Waals surface area contributed by atoms with Crippen molar-refractivity contribution in [2.75, 3.05) is 13.6 Å². The third kappa shape index (κ3) is 4.64. The second kappa shape index (κ2) is 11.0. The van der Waals surface area contributed by atoms with Gasteiger partial charge in [0, 0.05) is 23.6 Å². The zero-order valence-corrected chi connectivity index (χ0v) is 23.7. The Morgan fingerprint density at radius 2 is 1.98 bits per heavy atom. The lowest BCUT2D eigenvalue weighted by Crippen LogP contribution is -2.69. The molecule has 13 heteroatoms. The molecule has 2 aliphatic heterocycles. The van der Waals surface area contributed by atoms with Gasteiger partial charge in [-0.3, -0.25) is 14.4 Å². The quantitative estimate of drug-likeness (QED) is 0.236. The fraction of sp³-hybridized carbons (Fsp3) is 0.586. The molecule has 2 heterocycles. The molecule has 13 nitrogen and oxygen atoms in total. The molecule has 1 aromatic carbocycles. The van der Waals surface area contributed by atoms with E-state index in [2.05, 4.69) is 10.2 Å². The maximum atomic E-state index is 12.9. The maximum absolute atomic E-state index is 12.9. The summed E-state index contributed by atoms with van der Waals surface area (Å²) in [6, 6.07) is 2.33. The van der Waals surface area contributed by atoms with Crippen molar-refractivity contribution in [2.45, 2.75) is 94.0 Å². The second-order valence-corrected chi connectivity index (χ2v) is 11.6. The largest absolute Gasteiger partial charge is 0.481 e. The van der Waals surface area contributed by atoms with Crippen LogP contribution in [-0.4, -0.2) is 98.7 Å². The topological polar surface area (TPSA) is 192 Å². The first-order valence-electron chi connectivity index (χ1n) is 14.0. The predicted octanol–water partition coefficient (Wildman–Crippen LogP) is -0.338. The standard InChI is InChI=1S/C29H36N2O11/c1-14(26(36)37)30-25(35)15(2)40-27(38)18(33)12-21(34)41-19-7-9-29(39)20-11-16-5-6-17(13-32)23-22(16)28(29,24(19)42-23)8-4-10-31(20)3/h5-7,14-15,18,20,24,32-33,39H,4,8-13H2,1-3H3,(H,30,35)(H,36,37)/t14-,15-,18-,20+,24-,28-,29+/m0/s1. The summed E-state index contributed by atoms with van der Waals surface area (Å²) in [5, 5.41) is 43.8. The normalized spacial score (nSPS) is 29.5. The van der Waals surface area contributed by atoms with Gasteiger partial charge in [-0.2, -0.15) is 0 Å². The van der Waals surface area contributed by atoms with E-state index in [-0.39, 0.29) is 24.8 Å². The Bertz CT molecular complexity index is 1340. The van der Waals surface area contributed by atoms with Crippen LogP contribution in [0.2, 0.25) is 0 Å². The zero-order valence-electron chi connectivity index (χ0n) is 23.7. The molecule has 42 heavy (non-hydrogen) atoms. The van der Waals surface area contributed by atoms with Gasteiger partial charge >= 0.3 is 17.9 Å². The van der Waals surface area contributed by atoms with Crippen molar-refractivity contribution in [3.8, 4) is 5.75 Å². The number of nitrogens with one attached hydrogen (secondary N) is 1. The van der Waals surface area contributed by atoms with Gasteiger partial charge in [-0.05, 0) is 58.3 Å². The third-order valence-electron chi connectivity index (χ3n) is 9.10. The number of nitrogens with zero attached hydrogens (tertiary/aromatic N) is 1. The average Bonchev–Trinajstić information content (AvgIpc) is 3.27. The maximum Gasteiger partial charge on any atom is 0.336 e. The Kier molecular flexibility index (Phi) is 7.81. The van der Waals surface area contributed by atoms with E-state index in [4.69, 9.17) is 19.3 Å². The molecule has 1 aromatic rings. The lowest BCUT2D eigenvalue weighted by molar-refractivity contribution is -0.167. The number of rotatable bonds is 9. The Morgan fingerprint density at radius 1 is 1.24 bits per heavy atom. The second-order valence-electron chi connectivity index (χ2n) is 11.6. The number of hydrogen-bond donors (Lipinski definition) is 5. The first-order chi connectivity index (χ1) is 19.8. The van der Waals surface area contributed by atoms with Crippen LogP contribution in [0.4, 0.5) is 0 Å². The molecule has 1 spiro atoms. The van der Waals surface area contributed by atoms with E-state index in [1.807, 2.05) is 13.1 Å². The summed E-state index contributed by atoms with van der Waals surface area (Å²) in [5.41, 5.74) is 0.241. The molecular formula is C29H36N2O11. The molecule has 228 valence electrons. The number of ether oxygens (including phenoxy) is 3. The van der Waals surface area contributed by atoms with Gasteiger partial charge in [-0.25, -0.2) is 4.79 Å². The number of carbonyl (C=O) groups is 4. The van der Waals surface area contributed by atoms with Crippen LogP contribution in [0, 0.1) is 0 Å². The molecule has 2 bridgehead atoms. The molecule has 2 aliphatic carbocycles. The van der Waals surface area contributed by atoms with Crippen molar-refractivity contribution in [2.24, 2.45) is 0 Å². The molecule has 4 aliphatic rings. The molecule has 1 fully saturated rings. The molecule has 5 N–H and O–H groups in total. The van der Waals surface area contributed by atoms with Crippen molar-refractivity contribution in [3.05, 3.63) is 40.7 Å². The summed E-state index contributed by atoms with van der Waals surface area (Å²) < 4.78 is 17.0. The van der Waals surface area contributed by atoms with Crippen molar-refractivity contribution in [1.82, 2.24) is 10.2 Å². The highest BCUT2D eigenvalue weighted by atomic mass is 16.6. The minimum atomic E-state index is -1.95.